The van der Waals surface area contributed by atoms with Crippen molar-refractivity contribution in [2.45, 2.75) is 0 Å². The Kier molecular flexibility index (Phi) is 7.05. The number of hydrogen-bond donors (Lipinski definition) is 0. The van der Waals surface area contributed by atoms with Crippen molar-refractivity contribution in [2.75, 3.05) is 21.3 Å². The lowest BCUT2D eigenvalue weighted by atomic mass is 10.1. The lowest BCUT2D eigenvalue weighted by Crippen LogP contribution is -2.14. The topological polar surface area (TPSA) is 62.0 Å². The van der Waals surface area contributed by atoms with Crippen LogP contribution in [-0.2, 0) is 7.05 Å². The zero-order valence-corrected chi connectivity index (χ0v) is 20.7. The number of carbonyl (C=O) groups is 1. The van der Waals surface area contributed by atoms with E-state index in [-0.39, 0.29) is 0 Å². The molecule has 1 heterocycles. The van der Waals surface area contributed by atoms with Crippen molar-refractivity contribution in [2.24, 2.45) is 12.0 Å². The van der Waals surface area contributed by atoms with Crippen molar-refractivity contribution in [3.63, 3.8) is 0 Å². The van der Waals surface area contributed by atoms with Crippen molar-refractivity contribution in [1.29, 1.82) is 0 Å². The molecular weight excluding hydrogens is 472 g/mol. The Hall–Kier alpha value is -3.55. The Morgan fingerprint density at radius 1 is 0.853 bits per heavy atom. The Balaban J connectivity index is 1.89. The maximum atomic E-state index is 13.1. The van der Waals surface area contributed by atoms with Crippen molar-refractivity contribution in [3.05, 3.63) is 82.1 Å². The summed E-state index contributed by atoms with van der Waals surface area (Å²) in [5, 5.41) is 0.438. The van der Waals surface area contributed by atoms with Crippen LogP contribution in [0.2, 0.25) is 5.02 Å². The molecule has 174 valence electrons. The molecule has 0 atom stereocenters. The molecule has 4 rings (SSSR count). The van der Waals surface area contributed by atoms with Gasteiger partial charge in [-0.1, -0.05) is 22.9 Å². The summed E-state index contributed by atoms with van der Waals surface area (Å²) in [6, 6.07) is 20.5. The van der Waals surface area contributed by atoms with E-state index in [2.05, 4.69) is 4.99 Å². The average molecular weight is 495 g/mol. The lowest BCUT2D eigenvalue weighted by Gasteiger charge is -2.09. The van der Waals surface area contributed by atoms with Crippen LogP contribution in [0.5, 0.6) is 17.2 Å². The number of benzene rings is 3. The molecule has 0 aliphatic heterocycles. The van der Waals surface area contributed by atoms with E-state index in [9.17, 15) is 4.79 Å². The van der Waals surface area contributed by atoms with Gasteiger partial charge in [0, 0.05) is 12.1 Å². The van der Waals surface area contributed by atoms with Crippen LogP contribution in [0, 0.1) is 0 Å². The molecule has 8 heteroatoms. The van der Waals surface area contributed by atoms with Gasteiger partial charge in [0.1, 0.15) is 17.2 Å². The third-order valence-electron chi connectivity index (χ3n) is 5.34. The fraction of sp³-hybridized carbons (Fsp3) is 0.154. The van der Waals surface area contributed by atoms with Crippen LogP contribution in [0.1, 0.15) is 10.4 Å². The van der Waals surface area contributed by atoms with E-state index < -0.39 is 5.91 Å². The summed E-state index contributed by atoms with van der Waals surface area (Å²) in [6.45, 7) is 0. The van der Waals surface area contributed by atoms with E-state index >= 15 is 0 Å². The maximum Gasteiger partial charge on any atom is 0.283 e. The number of hydrogen-bond acceptors (Lipinski definition) is 5. The highest BCUT2D eigenvalue weighted by atomic mass is 35.5. The van der Waals surface area contributed by atoms with Crippen LogP contribution in [-0.4, -0.2) is 31.8 Å². The standard InChI is InChI=1S/C26H23ClN2O4S/c1-29-23(16-5-10-19(31-2)11-6-16)24(17-7-12-20(32-3)13-8-17)34-26(29)28-25(30)21-15-18(27)9-14-22(21)33-4/h5-15H,1-4H3. The van der Waals surface area contributed by atoms with Crippen LogP contribution in [0.3, 0.4) is 0 Å². The number of methoxy groups -OCH3 is 3. The van der Waals surface area contributed by atoms with Crippen LogP contribution >= 0.6 is 22.9 Å². The van der Waals surface area contributed by atoms with Crippen molar-refractivity contribution < 1.29 is 19.0 Å². The van der Waals surface area contributed by atoms with Gasteiger partial charge in [0.05, 0.1) is 37.5 Å². The van der Waals surface area contributed by atoms with Gasteiger partial charge in [-0.3, -0.25) is 4.79 Å². The lowest BCUT2D eigenvalue weighted by molar-refractivity contribution is 0.0995. The molecule has 0 unspecified atom stereocenters. The van der Waals surface area contributed by atoms with E-state index in [4.69, 9.17) is 25.8 Å². The van der Waals surface area contributed by atoms with E-state index in [1.165, 1.54) is 18.4 Å². The number of halogens is 1. The Morgan fingerprint density at radius 2 is 1.44 bits per heavy atom. The first-order valence-electron chi connectivity index (χ1n) is 10.4. The summed E-state index contributed by atoms with van der Waals surface area (Å²) < 4.78 is 17.9. The van der Waals surface area contributed by atoms with Gasteiger partial charge in [-0.2, -0.15) is 4.99 Å². The number of thiazole rings is 1. The summed E-state index contributed by atoms with van der Waals surface area (Å²) in [5.74, 6) is 1.52. The minimum Gasteiger partial charge on any atom is -0.497 e. The molecule has 0 spiro atoms. The highest BCUT2D eigenvalue weighted by molar-refractivity contribution is 7.13. The number of nitrogens with zero attached hydrogens (tertiary/aromatic N) is 2. The molecule has 1 amide bonds. The third kappa shape index (κ3) is 4.71. The van der Waals surface area contributed by atoms with Gasteiger partial charge in [-0.15, -0.1) is 0 Å². The van der Waals surface area contributed by atoms with Gasteiger partial charge in [-0.05, 0) is 77.9 Å². The number of rotatable bonds is 6. The molecule has 6 nitrogen and oxygen atoms in total. The molecule has 0 bridgehead atoms. The SMILES string of the molecule is COc1ccc(-c2sc(=NC(=O)c3cc(Cl)ccc3OC)n(C)c2-c2ccc(OC)cc2)cc1. The first kappa shape index (κ1) is 23.6. The molecule has 3 aromatic carbocycles. The number of aromatic nitrogens is 1. The number of amides is 1. The predicted octanol–water partition coefficient (Wildman–Crippen LogP) is 5.84. The molecule has 0 aliphatic rings. The molecule has 0 saturated carbocycles. The highest BCUT2D eigenvalue weighted by Gasteiger charge is 2.18. The summed E-state index contributed by atoms with van der Waals surface area (Å²) >= 11 is 7.55. The molecule has 1 aromatic heterocycles. The molecule has 0 saturated heterocycles. The first-order chi connectivity index (χ1) is 16.4. The van der Waals surface area contributed by atoms with Crippen molar-refractivity contribution >= 4 is 28.8 Å². The van der Waals surface area contributed by atoms with Gasteiger partial charge >= 0.3 is 0 Å². The molecular formula is C26H23ClN2O4S. The third-order valence-corrected chi connectivity index (χ3v) is 6.75. The maximum absolute atomic E-state index is 13.1. The largest absolute Gasteiger partial charge is 0.497 e. The van der Waals surface area contributed by atoms with Gasteiger partial charge in [0.2, 0.25) is 0 Å². The normalized spacial score (nSPS) is 11.4. The van der Waals surface area contributed by atoms with E-state index in [0.29, 0.717) is 21.1 Å². The number of carbonyl (C=O) groups excluding carboxylic acids is 1. The Bertz CT molecular complexity index is 1390. The van der Waals surface area contributed by atoms with Crippen molar-refractivity contribution in [1.82, 2.24) is 4.57 Å². The minimum atomic E-state index is -0.432. The van der Waals surface area contributed by atoms with E-state index in [1.807, 2.05) is 60.1 Å². The Labute approximate surface area is 206 Å². The summed E-state index contributed by atoms with van der Waals surface area (Å²) in [6.07, 6.45) is 0. The fourth-order valence-electron chi connectivity index (χ4n) is 3.56. The second kappa shape index (κ2) is 10.2. The fourth-order valence-corrected chi connectivity index (χ4v) is 4.88. The van der Waals surface area contributed by atoms with Gasteiger partial charge in [0.15, 0.2) is 4.80 Å². The van der Waals surface area contributed by atoms with Crippen LogP contribution in [0.4, 0.5) is 0 Å². The summed E-state index contributed by atoms with van der Waals surface area (Å²) in [7, 11) is 6.67. The van der Waals surface area contributed by atoms with Crippen molar-refractivity contribution in [3.8, 4) is 38.9 Å². The monoisotopic (exact) mass is 494 g/mol. The first-order valence-corrected chi connectivity index (χ1v) is 11.6. The van der Waals surface area contributed by atoms with Crippen LogP contribution in [0.25, 0.3) is 21.7 Å². The van der Waals surface area contributed by atoms with Crippen LogP contribution in [0.15, 0.2) is 71.7 Å². The van der Waals surface area contributed by atoms with Gasteiger partial charge in [0.25, 0.3) is 5.91 Å². The summed E-state index contributed by atoms with van der Waals surface area (Å²) in [5.41, 5.74) is 3.20. The summed E-state index contributed by atoms with van der Waals surface area (Å²) in [4.78, 5) is 19.1. The predicted molar refractivity (Wildman–Crippen MR) is 135 cm³/mol. The van der Waals surface area contributed by atoms with Gasteiger partial charge < -0.3 is 18.8 Å². The molecule has 0 N–H and O–H groups in total. The molecule has 0 fully saturated rings. The number of ether oxygens (including phenoxy) is 3. The van der Waals surface area contributed by atoms with Gasteiger partial charge in [-0.25, -0.2) is 0 Å². The smallest absolute Gasteiger partial charge is 0.283 e. The molecule has 0 radical (unpaired) electrons. The zero-order valence-electron chi connectivity index (χ0n) is 19.2. The van der Waals surface area contributed by atoms with E-state index in [1.54, 1.807) is 32.4 Å². The minimum absolute atomic E-state index is 0.306. The average Bonchev–Trinajstić information content (AvgIpc) is 3.19. The molecule has 4 aromatic rings. The highest BCUT2D eigenvalue weighted by Crippen LogP contribution is 2.36. The second-order valence-electron chi connectivity index (χ2n) is 7.34. The van der Waals surface area contributed by atoms with Crippen LogP contribution < -0.4 is 19.0 Å². The Morgan fingerprint density at radius 3 is 2.00 bits per heavy atom. The zero-order chi connectivity index (χ0) is 24.2. The molecule has 34 heavy (non-hydrogen) atoms. The van der Waals surface area contributed by atoms with E-state index in [0.717, 1.165) is 33.2 Å². The molecule has 0 aliphatic carbocycles. The second-order valence-corrected chi connectivity index (χ2v) is 8.75. The quantitative estimate of drug-likeness (QED) is 0.338.